The van der Waals surface area contributed by atoms with Crippen molar-refractivity contribution in [2.75, 3.05) is 0 Å². The van der Waals surface area contributed by atoms with Crippen molar-refractivity contribution in [3.8, 4) is 0 Å². The van der Waals surface area contributed by atoms with Gasteiger partial charge in [0.25, 0.3) is 0 Å². The van der Waals surface area contributed by atoms with E-state index in [1.807, 2.05) is 26.0 Å². The van der Waals surface area contributed by atoms with Crippen LogP contribution in [0.25, 0.3) is 0 Å². The second kappa shape index (κ2) is 4.51. The molecule has 2 aromatic carbocycles. The summed E-state index contributed by atoms with van der Waals surface area (Å²) < 4.78 is 27.3. The summed E-state index contributed by atoms with van der Waals surface area (Å²) in [6.07, 6.45) is 2.23. The van der Waals surface area contributed by atoms with Crippen molar-refractivity contribution >= 4 is 19.1 Å². The third-order valence-electron chi connectivity index (χ3n) is 5.20. The van der Waals surface area contributed by atoms with E-state index in [0.717, 1.165) is 22.2 Å². The van der Waals surface area contributed by atoms with E-state index < -0.39 is 17.0 Å². The zero-order chi connectivity index (χ0) is 15.5. The Labute approximate surface area is 128 Å². The van der Waals surface area contributed by atoms with Crippen LogP contribution in [0.5, 0.6) is 0 Å². The van der Waals surface area contributed by atoms with Crippen molar-refractivity contribution in [2.24, 2.45) is 5.41 Å². The largest absolute Gasteiger partial charge is 0.294 e. The average Bonchev–Trinajstić information content (AvgIpc) is 2.76. The molecule has 0 saturated carbocycles. The summed E-state index contributed by atoms with van der Waals surface area (Å²) in [6, 6.07) is 8.81. The lowest BCUT2D eigenvalue weighted by Gasteiger charge is -2.33. The van der Waals surface area contributed by atoms with Crippen LogP contribution >= 0.6 is 0 Å². The van der Waals surface area contributed by atoms with Crippen molar-refractivity contribution in [3.05, 3.63) is 64.2 Å². The van der Waals surface area contributed by atoms with Gasteiger partial charge in [0, 0.05) is 11.0 Å². The van der Waals surface area contributed by atoms with E-state index in [-0.39, 0.29) is 5.78 Å². The molecule has 2 aliphatic rings. The third-order valence-corrected chi connectivity index (χ3v) is 5.20. The maximum Gasteiger partial charge on any atom is 0.169 e. The number of carbonyl (C=O) groups is 1. The smallest absolute Gasteiger partial charge is 0.169 e. The fourth-order valence-corrected chi connectivity index (χ4v) is 4.02. The van der Waals surface area contributed by atoms with Gasteiger partial charge in [0.2, 0.25) is 0 Å². The van der Waals surface area contributed by atoms with E-state index in [4.69, 9.17) is 0 Å². The highest BCUT2D eigenvalue weighted by Gasteiger charge is 2.47. The molecule has 0 amide bonds. The number of hydrogen-bond acceptors (Lipinski definition) is 1. The lowest BCUT2D eigenvalue weighted by molar-refractivity contribution is 0.0793. The van der Waals surface area contributed by atoms with Gasteiger partial charge in [-0.2, -0.15) is 0 Å². The molecule has 0 N–H and O–H groups in total. The SMILES string of the molecule is Bc1ccc2c(c1)C(=O)C1(CCc3c(ccc(F)c3F)C1)C2. The second-order valence-electron chi connectivity index (χ2n) is 6.62. The number of rotatable bonds is 0. The lowest BCUT2D eigenvalue weighted by Crippen LogP contribution is -2.35. The molecule has 2 aromatic rings. The van der Waals surface area contributed by atoms with Gasteiger partial charge < -0.3 is 0 Å². The molecule has 2 aliphatic carbocycles. The van der Waals surface area contributed by atoms with E-state index in [1.165, 1.54) is 6.07 Å². The van der Waals surface area contributed by atoms with Gasteiger partial charge in [-0.25, -0.2) is 8.78 Å². The molecule has 4 rings (SSSR count). The van der Waals surface area contributed by atoms with E-state index in [2.05, 4.69) is 0 Å². The minimum Gasteiger partial charge on any atom is -0.294 e. The Morgan fingerprint density at radius 1 is 1.05 bits per heavy atom. The molecule has 110 valence electrons. The summed E-state index contributed by atoms with van der Waals surface area (Å²) >= 11 is 0. The molecule has 0 fully saturated rings. The molecule has 1 nitrogen and oxygen atoms in total. The molecular formula is C18H15BF2O. The van der Waals surface area contributed by atoms with Gasteiger partial charge >= 0.3 is 0 Å². The quantitative estimate of drug-likeness (QED) is 0.681. The van der Waals surface area contributed by atoms with E-state index >= 15 is 0 Å². The molecule has 1 unspecified atom stereocenters. The zero-order valence-corrected chi connectivity index (χ0v) is 12.4. The van der Waals surface area contributed by atoms with Crippen LogP contribution in [-0.2, 0) is 19.3 Å². The predicted molar refractivity (Wildman–Crippen MR) is 83.5 cm³/mol. The summed E-state index contributed by atoms with van der Waals surface area (Å²) in [6.45, 7) is 0. The molecular weight excluding hydrogens is 281 g/mol. The van der Waals surface area contributed by atoms with Gasteiger partial charge in [0.05, 0.1) is 0 Å². The summed E-state index contributed by atoms with van der Waals surface area (Å²) in [7, 11) is 1.98. The van der Waals surface area contributed by atoms with Gasteiger partial charge in [-0.3, -0.25) is 4.79 Å². The molecule has 1 spiro atoms. The summed E-state index contributed by atoms with van der Waals surface area (Å²) in [5, 5.41) is 0. The Morgan fingerprint density at radius 2 is 1.77 bits per heavy atom. The van der Waals surface area contributed by atoms with Crippen molar-refractivity contribution in [2.45, 2.75) is 25.7 Å². The van der Waals surface area contributed by atoms with Gasteiger partial charge in [-0.05, 0) is 48.4 Å². The third kappa shape index (κ3) is 1.79. The minimum absolute atomic E-state index is 0.168. The fourth-order valence-electron chi connectivity index (χ4n) is 4.02. The molecule has 22 heavy (non-hydrogen) atoms. The first-order chi connectivity index (χ1) is 10.5. The van der Waals surface area contributed by atoms with E-state index in [9.17, 15) is 13.6 Å². The lowest BCUT2D eigenvalue weighted by atomic mass is 9.69. The first-order valence-electron chi connectivity index (χ1n) is 7.60. The van der Waals surface area contributed by atoms with Crippen molar-refractivity contribution in [1.29, 1.82) is 0 Å². The van der Waals surface area contributed by atoms with E-state index in [0.29, 0.717) is 31.2 Å². The molecule has 4 heteroatoms. The normalized spacial score (nSPS) is 22.7. The number of halogens is 2. The summed E-state index contributed by atoms with van der Waals surface area (Å²) in [5.74, 6) is -1.38. The summed E-state index contributed by atoms with van der Waals surface area (Å²) in [4.78, 5) is 12.9. The number of benzene rings is 2. The Kier molecular flexibility index (Phi) is 2.81. The van der Waals surface area contributed by atoms with Gasteiger partial charge in [-0.15, -0.1) is 0 Å². The topological polar surface area (TPSA) is 17.1 Å². The van der Waals surface area contributed by atoms with Crippen LogP contribution in [0.2, 0.25) is 0 Å². The van der Waals surface area contributed by atoms with Crippen molar-refractivity contribution in [3.63, 3.8) is 0 Å². The van der Waals surface area contributed by atoms with E-state index in [1.54, 1.807) is 6.07 Å². The molecule has 0 aliphatic heterocycles. The van der Waals surface area contributed by atoms with Gasteiger partial charge in [0.1, 0.15) is 7.85 Å². The number of Topliss-reactive ketones (excluding diaryl/α,β-unsaturated/α-hetero) is 1. The molecule has 0 saturated heterocycles. The Hall–Kier alpha value is -1.97. The monoisotopic (exact) mass is 296 g/mol. The predicted octanol–water partition coefficient (Wildman–Crippen LogP) is 2.14. The molecule has 0 radical (unpaired) electrons. The summed E-state index contributed by atoms with van der Waals surface area (Å²) in [5.41, 5.74) is 3.74. The molecule has 1 atom stereocenters. The molecule has 0 heterocycles. The highest BCUT2D eigenvalue weighted by Crippen LogP contribution is 2.46. The standard InChI is InChI=1S/C18H15BF2O/c19-12-3-1-11-9-18(17(22)14(11)7-12)6-5-13-10(8-18)2-4-15(20)16(13)21/h1-4,7H,5-6,8-9,19H2. The van der Waals surface area contributed by atoms with Crippen LogP contribution in [-0.4, -0.2) is 13.6 Å². The van der Waals surface area contributed by atoms with Crippen LogP contribution in [0.15, 0.2) is 30.3 Å². The fraction of sp³-hybridized carbons (Fsp3) is 0.278. The number of hydrogen-bond donors (Lipinski definition) is 0. The van der Waals surface area contributed by atoms with Crippen LogP contribution < -0.4 is 5.46 Å². The van der Waals surface area contributed by atoms with Gasteiger partial charge in [0.15, 0.2) is 17.4 Å². The highest BCUT2D eigenvalue weighted by atomic mass is 19.2. The minimum atomic E-state index is -0.800. The first-order valence-corrected chi connectivity index (χ1v) is 7.60. The number of fused-ring (bicyclic) bond motifs is 2. The maximum atomic E-state index is 13.9. The Balaban J connectivity index is 1.77. The van der Waals surface area contributed by atoms with Crippen LogP contribution in [0.4, 0.5) is 8.78 Å². The maximum absolute atomic E-state index is 13.9. The van der Waals surface area contributed by atoms with Crippen LogP contribution in [0, 0.1) is 17.0 Å². The highest BCUT2D eigenvalue weighted by molar-refractivity contribution is 6.33. The number of carbonyl (C=O) groups excluding carboxylic acids is 1. The Morgan fingerprint density at radius 3 is 2.59 bits per heavy atom. The van der Waals surface area contributed by atoms with Crippen molar-refractivity contribution in [1.82, 2.24) is 0 Å². The molecule has 0 aromatic heterocycles. The zero-order valence-electron chi connectivity index (χ0n) is 12.4. The van der Waals surface area contributed by atoms with Gasteiger partial charge in [-0.1, -0.05) is 29.7 Å². The average molecular weight is 296 g/mol. The Bertz CT molecular complexity index is 815. The molecule has 0 bridgehead atoms. The second-order valence-corrected chi connectivity index (χ2v) is 6.62. The van der Waals surface area contributed by atoms with Crippen LogP contribution in [0.3, 0.4) is 0 Å². The first kappa shape index (κ1) is 13.7. The van der Waals surface area contributed by atoms with Crippen molar-refractivity contribution < 1.29 is 13.6 Å². The number of ketones is 1. The van der Waals surface area contributed by atoms with Crippen LogP contribution in [0.1, 0.15) is 33.5 Å².